The van der Waals surface area contributed by atoms with E-state index in [0.717, 1.165) is 49.7 Å². The number of Topliss-reactive ketones (excluding diaryl/α,β-unsaturated/α-hetero) is 1. The molecule has 35 heavy (non-hydrogen) atoms. The van der Waals surface area contributed by atoms with Crippen molar-refractivity contribution in [2.75, 3.05) is 0 Å². The highest BCUT2D eigenvalue weighted by Gasteiger charge is 2.69. The van der Waals surface area contributed by atoms with E-state index < -0.39 is 34.9 Å². The van der Waals surface area contributed by atoms with Gasteiger partial charge in [-0.1, -0.05) is 44.9 Å². The minimum Gasteiger partial charge on any atom is -0.481 e. The van der Waals surface area contributed by atoms with Gasteiger partial charge in [-0.15, -0.1) is 0 Å². The van der Waals surface area contributed by atoms with E-state index in [1.165, 1.54) is 5.57 Å². The molecule has 0 aromatic heterocycles. The molecule has 0 heterocycles. The summed E-state index contributed by atoms with van der Waals surface area (Å²) in [5.41, 5.74) is 0.706. The molecule has 196 valence electrons. The Kier molecular flexibility index (Phi) is 6.50. The van der Waals surface area contributed by atoms with E-state index in [9.17, 15) is 24.9 Å². The molecule has 0 radical (unpaired) electrons. The van der Waals surface area contributed by atoms with Gasteiger partial charge in [-0.2, -0.15) is 0 Å². The summed E-state index contributed by atoms with van der Waals surface area (Å²) < 4.78 is 0. The Bertz CT molecular complexity index is 975. The molecule has 0 bridgehead atoms. The van der Waals surface area contributed by atoms with Gasteiger partial charge in [0.25, 0.3) is 0 Å². The fraction of sp³-hybridized carbons (Fsp3) is 0.800. The van der Waals surface area contributed by atoms with Gasteiger partial charge in [0.2, 0.25) is 0 Å². The number of hydrogen-bond donors (Lipinski definition) is 3. The van der Waals surface area contributed by atoms with Crippen LogP contribution in [0.5, 0.6) is 0 Å². The quantitative estimate of drug-likeness (QED) is 0.434. The first kappa shape index (κ1) is 26.6. The topological polar surface area (TPSA) is 94.8 Å². The maximum absolute atomic E-state index is 13.9. The van der Waals surface area contributed by atoms with Crippen LogP contribution in [0.3, 0.4) is 0 Å². The molecular formula is C30H46O5. The maximum Gasteiger partial charge on any atom is 0.312 e. The van der Waals surface area contributed by atoms with E-state index in [1.54, 1.807) is 6.92 Å². The summed E-state index contributed by atoms with van der Waals surface area (Å²) in [5.74, 6) is -0.559. The zero-order chi connectivity index (χ0) is 26.1. The third-order valence-electron chi connectivity index (χ3n) is 11.7. The number of hydrogen-bond acceptors (Lipinski definition) is 4. The van der Waals surface area contributed by atoms with Gasteiger partial charge < -0.3 is 15.3 Å². The van der Waals surface area contributed by atoms with Gasteiger partial charge in [-0.05, 0) is 82.5 Å². The monoisotopic (exact) mass is 486 g/mol. The van der Waals surface area contributed by atoms with Crippen molar-refractivity contribution >= 4 is 11.8 Å². The number of aliphatic hydroxyl groups is 2. The molecule has 5 nitrogen and oxygen atoms in total. The zero-order valence-corrected chi connectivity index (χ0v) is 22.8. The Labute approximate surface area is 211 Å². The number of carboxylic acids is 1. The van der Waals surface area contributed by atoms with Crippen molar-refractivity contribution in [1.29, 1.82) is 0 Å². The number of ketones is 1. The van der Waals surface area contributed by atoms with E-state index in [1.807, 2.05) is 6.92 Å². The predicted octanol–water partition coefficient (Wildman–Crippen LogP) is 5.69. The molecule has 0 saturated heterocycles. The van der Waals surface area contributed by atoms with Crippen LogP contribution < -0.4 is 0 Å². The summed E-state index contributed by atoms with van der Waals surface area (Å²) in [6.45, 7) is 14.9. The molecule has 0 aromatic carbocycles. The van der Waals surface area contributed by atoms with Gasteiger partial charge >= 0.3 is 5.97 Å². The van der Waals surface area contributed by atoms with Crippen molar-refractivity contribution < 1.29 is 24.9 Å². The molecule has 0 spiro atoms. The van der Waals surface area contributed by atoms with Gasteiger partial charge in [-0.25, -0.2) is 0 Å². The first-order chi connectivity index (χ1) is 16.2. The second kappa shape index (κ2) is 8.55. The third-order valence-corrected chi connectivity index (χ3v) is 11.7. The van der Waals surface area contributed by atoms with Crippen LogP contribution >= 0.6 is 0 Å². The Balaban J connectivity index is 1.77. The number of aliphatic carboxylic acids is 1. The lowest BCUT2D eigenvalue weighted by Crippen LogP contribution is -2.64. The number of carbonyl (C=O) groups excluding carboxylic acids is 1. The van der Waals surface area contributed by atoms with E-state index in [2.05, 4.69) is 40.7 Å². The SMILES string of the molecule is CC(C)=CCC[C@@H](C)[C@H]1CC[C@@]2(C)C3=C(CC[C@]12C)[C@]1(C)[C@@H](CC3=O)[C@](C)(C(=O)O)[C@@H](O)C[C@H]1O. The molecule has 4 aliphatic rings. The first-order valence-corrected chi connectivity index (χ1v) is 13.7. The molecule has 4 rings (SSSR count). The molecular weight excluding hydrogens is 440 g/mol. The summed E-state index contributed by atoms with van der Waals surface area (Å²) in [6, 6.07) is 0. The van der Waals surface area contributed by atoms with Gasteiger partial charge in [0, 0.05) is 29.2 Å². The van der Waals surface area contributed by atoms with Crippen LogP contribution in [0.2, 0.25) is 0 Å². The van der Waals surface area contributed by atoms with Gasteiger partial charge in [0.15, 0.2) is 5.78 Å². The van der Waals surface area contributed by atoms with Crippen LogP contribution in [0.25, 0.3) is 0 Å². The first-order valence-electron chi connectivity index (χ1n) is 13.7. The molecule has 0 aliphatic heterocycles. The number of fused-ring (bicyclic) bond motifs is 4. The van der Waals surface area contributed by atoms with Crippen molar-refractivity contribution in [2.24, 2.45) is 39.4 Å². The van der Waals surface area contributed by atoms with Crippen LogP contribution in [0, 0.1) is 39.4 Å². The summed E-state index contributed by atoms with van der Waals surface area (Å²) in [4.78, 5) is 26.4. The van der Waals surface area contributed by atoms with Crippen LogP contribution in [-0.2, 0) is 9.59 Å². The van der Waals surface area contributed by atoms with Crippen LogP contribution in [0.4, 0.5) is 0 Å². The van der Waals surface area contributed by atoms with E-state index in [0.29, 0.717) is 11.8 Å². The van der Waals surface area contributed by atoms with E-state index in [4.69, 9.17) is 0 Å². The maximum atomic E-state index is 13.9. The standard InChI is InChI=1S/C30H46O5/c1-17(2)9-8-10-18(3)19-11-14-28(5)25-20(12-13-27(19,28)4)29(6)22(15-21(25)31)30(7,26(34)35)24(33)16-23(29)32/h9,18-19,22-24,32-33H,8,10-16H2,1-7H3,(H,34,35)/t18-,19-,22-,23-,24+,27-,28+,29-,30+/m1/s1. The van der Waals surface area contributed by atoms with Gasteiger partial charge in [0.1, 0.15) is 0 Å². The second-order valence-corrected chi connectivity index (χ2v) is 13.4. The fourth-order valence-corrected chi connectivity index (χ4v) is 9.14. The van der Waals surface area contributed by atoms with Crippen molar-refractivity contribution in [3.63, 3.8) is 0 Å². The minimum absolute atomic E-state index is 0.00428. The number of carboxylic acid groups (broad SMARTS) is 1. The summed E-state index contributed by atoms with van der Waals surface area (Å²) >= 11 is 0. The Morgan fingerprint density at radius 1 is 1.11 bits per heavy atom. The lowest BCUT2D eigenvalue weighted by molar-refractivity contribution is -0.192. The van der Waals surface area contributed by atoms with Crippen LogP contribution in [0.15, 0.2) is 22.8 Å². The normalized spacial score (nSPS) is 45.9. The fourth-order valence-electron chi connectivity index (χ4n) is 9.14. The summed E-state index contributed by atoms with van der Waals surface area (Å²) in [7, 11) is 0. The number of carbonyl (C=O) groups is 2. The smallest absolute Gasteiger partial charge is 0.312 e. The van der Waals surface area contributed by atoms with E-state index >= 15 is 0 Å². The zero-order valence-electron chi connectivity index (χ0n) is 22.8. The van der Waals surface area contributed by atoms with Crippen molar-refractivity contribution in [3.05, 3.63) is 22.8 Å². The van der Waals surface area contributed by atoms with Crippen LogP contribution in [-0.4, -0.2) is 39.3 Å². The van der Waals surface area contributed by atoms with Crippen molar-refractivity contribution in [2.45, 2.75) is 112 Å². The van der Waals surface area contributed by atoms with Gasteiger partial charge in [-0.3, -0.25) is 9.59 Å². The van der Waals surface area contributed by atoms with Crippen molar-refractivity contribution in [3.8, 4) is 0 Å². The highest BCUT2D eigenvalue weighted by atomic mass is 16.4. The highest BCUT2D eigenvalue weighted by Crippen LogP contribution is 2.71. The summed E-state index contributed by atoms with van der Waals surface area (Å²) in [5, 5.41) is 32.3. The molecule has 0 amide bonds. The molecule has 0 unspecified atom stereocenters. The van der Waals surface area contributed by atoms with Gasteiger partial charge in [0.05, 0.1) is 17.6 Å². The Morgan fingerprint density at radius 2 is 1.77 bits per heavy atom. The average Bonchev–Trinajstić information content (AvgIpc) is 3.04. The van der Waals surface area contributed by atoms with E-state index in [-0.39, 0.29) is 29.5 Å². The van der Waals surface area contributed by atoms with Crippen molar-refractivity contribution in [1.82, 2.24) is 0 Å². The molecule has 4 aliphatic carbocycles. The largest absolute Gasteiger partial charge is 0.481 e. The lowest BCUT2D eigenvalue weighted by Gasteiger charge is -2.62. The molecule has 3 N–H and O–H groups in total. The molecule has 9 atom stereocenters. The predicted molar refractivity (Wildman–Crippen MR) is 137 cm³/mol. The summed E-state index contributed by atoms with van der Waals surface area (Å²) in [6.07, 6.45) is 6.36. The second-order valence-electron chi connectivity index (χ2n) is 13.4. The number of rotatable bonds is 5. The highest BCUT2D eigenvalue weighted by molar-refractivity contribution is 6.00. The molecule has 0 aromatic rings. The molecule has 2 fully saturated rings. The number of aliphatic hydroxyl groups excluding tert-OH is 2. The average molecular weight is 487 g/mol. The lowest BCUT2D eigenvalue weighted by atomic mass is 9.42. The Hall–Kier alpha value is -1.46. The molecule has 5 heteroatoms. The minimum atomic E-state index is -1.46. The number of allylic oxidation sites excluding steroid dienone is 3. The molecule has 2 saturated carbocycles. The Morgan fingerprint density at radius 3 is 2.37 bits per heavy atom. The van der Waals surface area contributed by atoms with Crippen LogP contribution in [0.1, 0.15) is 99.8 Å². The third kappa shape index (κ3) is 3.47.